The maximum Gasteiger partial charge on any atom is 0.167 e. The number of ether oxygens (including phenoxy) is 1. The van der Waals surface area contributed by atoms with Gasteiger partial charge >= 0.3 is 0 Å². The van der Waals surface area contributed by atoms with Gasteiger partial charge in [0.15, 0.2) is 11.6 Å². The van der Waals surface area contributed by atoms with Crippen molar-refractivity contribution in [2.24, 2.45) is 0 Å². The maximum absolute atomic E-state index is 13.6. The molecule has 1 aromatic carbocycles. The normalized spacial score (nSPS) is 10.3. The number of halogens is 2. The summed E-state index contributed by atoms with van der Waals surface area (Å²) in [6.07, 6.45) is 0.727. The lowest BCUT2D eigenvalue weighted by molar-refractivity contribution is 0.386. The molecule has 0 radical (unpaired) electrons. The maximum atomic E-state index is 13.6. The molecule has 2 rings (SSSR count). The van der Waals surface area contributed by atoms with Crippen LogP contribution < -0.4 is 10.1 Å². The molecule has 2 aromatic rings. The highest BCUT2D eigenvalue weighted by Crippen LogP contribution is 2.23. The third-order valence-electron chi connectivity index (χ3n) is 2.48. The molecule has 0 aliphatic heterocycles. The van der Waals surface area contributed by atoms with Gasteiger partial charge in [-0.05, 0) is 28.1 Å². The van der Waals surface area contributed by atoms with Gasteiger partial charge in [0.1, 0.15) is 16.2 Å². The van der Waals surface area contributed by atoms with Crippen molar-refractivity contribution < 1.29 is 9.13 Å². The first-order chi connectivity index (χ1) is 9.12. The number of hydrogen-bond acceptors (Lipinski definition) is 4. The predicted octanol–water partition coefficient (Wildman–Crippen LogP) is 3.69. The minimum absolute atomic E-state index is 0.212. The summed E-state index contributed by atoms with van der Waals surface area (Å²) in [6.45, 7) is 1.97. The average molecular weight is 326 g/mol. The molecule has 0 saturated heterocycles. The van der Waals surface area contributed by atoms with E-state index in [1.165, 1.54) is 13.2 Å². The van der Waals surface area contributed by atoms with E-state index >= 15 is 0 Å². The van der Waals surface area contributed by atoms with Gasteiger partial charge in [0.05, 0.1) is 7.11 Å². The molecule has 100 valence electrons. The molecule has 0 aliphatic carbocycles. The van der Waals surface area contributed by atoms with Gasteiger partial charge in [-0.3, -0.25) is 0 Å². The second-order valence-electron chi connectivity index (χ2n) is 3.82. The fraction of sp³-hybridized carbons (Fsp3) is 0.231. The zero-order valence-electron chi connectivity index (χ0n) is 10.6. The molecule has 0 spiro atoms. The van der Waals surface area contributed by atoms with Crippen LogP contribution in [0.1, 0.15) is 12.7 Å². The zero-order valence-corrected chi connectivity index (χ0v) is 12.2. The molecule has 0 bridgehead atoms. The second-order valence-corrected chi connectivity index (χ2v) is 4.63. The number of rotatable bonds is 4. The molecule has 0 unspecified atom stereocenters. The highest BCUT2D eigenvalue weighted by Gasteiger charge is 2.06. The topological polar surface area (TPSA) is 47.0 Å². The number of aryl methyl sites for hydroxylation is 1. The Morgan fingerprint density at radius 2 is 2.11 bits per heavy atom. The number of benzene rings is 1. The highest BCUT2D eigenvalue weighted by molar-refractivity contribution is 9.10. The molecule has 0 atom stereocenters. The van der Waals surface area contributed by atoms with Gasteiger partial charge in [-0.1, -0.05) is 6.92 Å². The molecule has 4 nitrogen and oxygen atoms in total. The fourth-order valence-corrected chi connectivity index (χ4v) is 2.00. The first kappa shape index (κ1) is 13.7. The molecule has 19 heavy (non-hydrogen) atoms. The summed E-state index contributed by atoms with van der Waals surface area (Å²) in [5.41, 5.74) is 0.603. The standard InChI is InChI=1S/C13H13BrFN3O/c1-3-12-17-11(14)7-13(18-12)16-8-4-5-10(19-2)9(15)6-8/h4-7H,3H2,1-2H3,(H,16,17,18). The van der Waals surface area contributed by atoms with Gasteiger partial charge in [-0.25, -0.2) is 14.4 Å². The lowest BCUT2D eigenvalue weighted by Crippen LogP contribution is -2.00. The quantitative estimate of drug-likeness (QED) is 0.871. The van der Waals surface area contributed by atoms with Crippen LogP contribution in [0.15, 0.2) is 28.9 Å². The number of nitrogens with zero attached hydrogens (tertiary/aromatic N) is 2. The second kappa shape index (κ2) is 5.97. The van der Waals surface area contributed by atoms with E-state index in [1.807, 2.05) is 6.92 Å². The van der Waals surface area contributed by atoms with Gasteiger partial charge in [0, 0.05) is 24.2 Å². The molecule has 0 amide bonds. The van der Waals surface area contributed by atoms with Crippen molar-refractivity contribution >= 4 is 27.4 Å². The van der Waals surface area contributed by atoms with Gasteiger partial charge in [-0.15, -0.1) is 0 Å². The van der Waals surface area contributed by atoms with Crippen molar-refractivity contribution in [3.8, 4) is 5.75 Å². The van der Waals surface area contributed by atoms with Crippen molar-refractivity contribution in [2.75, 3.05) is 12.4 Å². The van der Waals surface area contributed by atoms with Crippen LogP contribution >= 0.6 is 15.9 Å². The summed E-state index contributed by atoms with van der Waals surface area (Å²) >= 11 is 3.32. The number of anilines is 2. The van der Waals surface area contributed by atoms with E-state index in [-0.39, 0.29) is 5.75 Å². The third kappa shape index (κ3) is 3.41. The van der Waals surface area contributed by atoms with E-state index in [2.05, 4.69) is 31.2 Å². The number of aromatic nitrogens is 2. The Bertz CT molecular complexity index is 592. The third-order valence-corrected chi connectivity index (χ3v) is 2.89. The van der Waals surface area contributed by atoms with Crippen molar-refractivity contribution in [1.82, 2.24) is 9.97 Å². The summed E-state index contributed by atoms with van der Waals surface area (Å²) in [5.74, 6) is 1.12. The lowest BCUT2D eigenvalue weighted by atomic mass is 10.3. The fourth-order valence-electron chi connectivity index (χ4n) is 1.58. The Balaban J connectivity index is 2.25. The Kier molecular flexibility index (Phi) is 4.31. The number of nitrogens with one attached hydrogen (secondary N) is 1. The average Bonchev–Trinajstić information content (AvgIpc) is 2.38. The van der Waals surface area contributed by atoms with Crippen LogP contribution in [0.25, 0.3) is 0 Å². The molecular weight excluding hydrogens is 313 g/mol. The van der Waals surface area contributed by atoms with Crippen molar-refractivity contribution in [3.63, 3.8) is 0 Å². The monoisotopic (exact) mass is 325 g/mol. The van der Waals surface area contributed by atoms with Crippen molar-refractivity contribution in [2.45, 2.75) is 13.3 Å². The Morgan fingerprint density at radius 3 is 2.74 bits per heavy atom. The molecule has 1 aromatic heterocycles. The highest BCUT2D eigenvalue weighted by atomic mass is 79.9. The van der Waals surface area contributed by atoms with Gasteiger partial charge in [-0.2, -0.15) is 0 Å². The van der Waals surface area contributed by atoms with Gasteiger partial charge in [0.25, 0.3) is 0 Å². The Hall–Kier alpha value is -1.69. The van der Waals surface area contributed by atoms with E-state index < -0.39 is 5.82 Å². The van der Waals surface area contributed by atoms with E-state index in [1.54, 1.807) is 18.2 Å². The van der Waals surface area contributed by atoms with Crippen LogP contribution in [-0.4, -0.2) is 17.1 Å². The van der Waals surface area contributed by atoms with E-state index in [0.29, 0.717) is 21.9 Å². The van der Waals surface area contributed by atoms with E-state index in [0.717, 1.165) is 6.42 Å². The molecule has 6 heteroatoms. The SMILES string of the molecule is CCc1nc(Br)cc(Nc2ccc(OC)c(F)c2)n1. The first-order valence-corrected chi connectivity index (χ1v) is 6.55. The van der Waals surface area contributed by atoms with Crippen LogP contribution in [-0.2, 0) is 6.42 Å². The summed E-state index contributed by atoms with van der Waals surface area (Å²) in [4.78, 5) is 8.52. The van der Waals surface area contributed by atoms with Crippen LogP contribution in [0.4, 0.5) is 15.9 Å². The minimum atomic E-state index is -0.420. The number of methoxy groups -OCH3 is 1. The molecule has 1 N–H and O–H groups in total. The molecule has 0 fully saturated rings. The molecular formula is C13H13BrFN3O. The Labute approximate surface area is 119 Å². The van der Waals surface area contributed by atoms with Crippen LogP contribution in [0, 0.1) is 5.82 Å². The van der Waals surface area contributed by atoms with E-state index in [4.69, 9.17) is 4.74 Å². The largest absolute Gasteiger partial charge is 0.494 e. The van der Waals surface area contributed by atoms with Crippen LogP contribution in [0.2, 0.25) is 0 Å². The molecule has 1 heterocycles. The predicted molar refractivity (Wildman–Crippen MR) is 75.3 cm³/mol. The summed E-state index contributed by atoms with van der Waals surface area (Å²) in [6, 6.07) is 6.39. The zero-order chi connectivity index (χ0) is 13.8. The molecule has 0 aliphatic rings. The summed E-state index contributed by atoms with van der Waals surface area (Å²) in [7, 11) is 1.43. The molecule has 0 saturated carbocycles. The van der Waals surface area contributed by atoms with Gasteiger partial charge < -0.3 is 10.1 Å². The van der Waals surface area contributed by atoms with Crippen LogP contribution in [0.3, 0.4) is 0 Å². The smallest absolute Gasteiger partial charge is 0.167 e. The summed E-state index contributed by atoms with van der Waals surface area (Å²) in [5, 5.41) is 3.03. The van der Waals surface area contributed by atoms with Crippen LogP contribution in [0.5, 0.6) is 5.75 Å². The van der Waals surface area contributed by atoms with Gasteiger partial charge in [0.2, 0.25) is 0 Å². The minimum Gasteiger partial charge on any atom is -0.494 e. The lowest BCUT2D eigenvalue weighted by Gasteiger charge is -2.09. The number of hydrogen-bond donors (Lipinski definition) is 1. The van der Waals surface area contributed by atoms with Crippen molar-refractivity contribution in [1.29, 1.82) is 0 Å². The Morgan fingerprint density at radius 1 is 1.32 bits per heavy atom. The first-order valence-electron chi connectivity index (χ1n) is 5.76. The van der Waals surface area contributed by atoms with E-state index in [9.17, 15) is 4.39 Å². The van der Waals surface area contributed by atoms with Crippen molar-refractivity contribution in [3.05, 3.63) is 40.5 Å². The summed E-state index contributed by atoms with van der Waals surface area (Å²) < 4.78 is 19.1.